The van der Waals surface area contributed by atoms with Gasteiger partial charge in [-0.1, -0.05) is 89.5 Å². The molecule has 0 spiro atoms. The molecule has 4 saturated carbocycles. The first kappa shape index (κ1) is 31.8. The molecule has 0 radical (unpaired) electrons. The van der Waals surface area contributed by atoms with Gasteiger partial charge in [-0.3, -0.25) is 9.59 Å². The van der Waals surface area contributed by atoms with E-state index < -0.39 is 5.41 Å². The Kier molecular flexibility index (Phi) is 7.19. The van der Waals surface area contributed by atoms with Crippen LogP contribution in [0.25, 0.3) is 11.3 Å². The maximum Gasteiger partial charge on any atom is 0.226 e. The Morgan fingerprint density at radius 3 is 2.41 bits per heavy atom. The van der Waals surface area contributed by atoms with Crippen LogP contribution in [-0.4, -0.2) is 28.1 Å². The van der Waals surface area contributed by atoms with Crippen molar-refractivity contribution in [2.45, 2.75) is 119 Å². The van der Waals surface area contributed by atoms with Gasteiger partial charge < -0.3 is 14.9 Å². The molecule has 1 unspecified atom stereocenters. The molecule has 5 aliphatic carbocycles. The molecule has 1 aromatic heterocycles. The number of hydrogen-bond donors (Lipinski definition) is 2. The van der Waals surface area contributed by atoms with Gasteiger partial charge in [0.05, 0.1) is 12.6 Å². The van der Waals surface area contributed by atoms with E-state index in [-0.39, 0.29) is 50.9 Å². The van der Waals surface area contributed by atoms with Crippen LogP contribution < -0.4 is 5.32 Å². The third-order valence-corrected chi connectivity index (χ3v) is 15.2. The fourth-order valence-corrected chi connectivity index (χ4v) is 11.9. The number of aromatic nitrogens is 1. The van der Waals surface area contributed by atoms with Crippen molar-refractivity contribution in [3.63, 3.8) is 0 Å². The molecule has 1 aromatic carbocycles. The maximum atomic E-state index is 14.6. The largest absolute Gasteiger partial charge is 0.393 e. The van der Waals surface area contributed by atoms with Crippen molar-refractivity contribution in [3.8, 4) is 11.3 Å². The Labute approximate surface area is 275 Å². The standard InChI is InChI=1S/C40H54N2O4/c1-35(2)31-13-16-40(7)33(38(31,5)15-14-32(35)44)30(43)22-27-28-23-37(4,18-17-36(28,3)19-20-39(27,40)6)34(45)41-24-26-21-29(42-46-26)25-11-9-8-10-12-25/h8-12,21-22,28,31-33,44H,13-20,23-24H2,1-7H3,(H,41,45)/t28-,31?,32+,33-,36-,37+,38+,39-,40-/m1/s1. The van der Waals surface area contributed by atoms with Crippen molar-refractivity contribution < 1.29 is 19.2 Å². The molecule has 1 amide bonds. The summed E-state index contributed by atoms with van der Waals surface area (Å²) in [7, 11) is 0. The van der Waals surface area contributed by atoms with E-state index in [0.717, 1.165) is 69.0 Å². The van der Waals surface area contributed by atoms with Crippen LogP contribution in [0.1, 0.15) is 112 Å². The first-order chi connectivity index (χ1) is 21.6. The molecule has 4 fully saturated rings. The lowest BCUT2D eigenvalue weighted by Gasteiger charge is -2.70. The average Bonchev–Trinajstić information content (AvgIpc) is 3.49. The number of fused-ring (bicyclic) bond motifs is 7. The summed E-state index contributed by atoms with van der Waals surface area (Å²) in [5.74, 6) is 1.49. The zero-order valence-corrected chi connectivity index (χ0v) is 29.0. The van der Waals surface area contributed by atoms with Gasteiger partial charge in [0.25, 0.3) is 0 Å². The van der Waals surface area contributed by atoms with Crippen molar-refractivity contribution in [2.24, 2.45) is 50.2 Å². The highest BCUT2D eigenvalue weighted by atomic mass is 16.5. The van der Waals surface area contributed by atoms with Gasteiger partial charge in [-0.25, -0.2) is 0 Å². The van der Waals surface area contributed by atoms with E-state index in [4.69, 9.17) is 4.52 Å². The van der Waals surface area contributed by atoms with Crippen LogP contribution >= 0.6 is 0 Å². The summed E-state index contributed by atoms with van der Waals surface area (Å²) in [4.78, 5) is 28.5. The number of hydrogen-bond acceptors (Lipinski definition) is 5. The molecule has 0 saturated heterocycles. The van der Waals surface area contributed by atoms with E-state index in [0.29, 0.717) is 24.0 Å². The van der Waals surface area contributed by atoms with Crippen LogP contribution in [0.3, 0.4) is 0 Å². The number of aliphatic hydroxyl groups excluding tert-OH is 1. The van der Waals surface area contributed by atoms with E-state index in [2.05, 4.69) is 65.0 Å². The molecule has 46 heavy (non-hydrogen) atoms. The minimum atomic E-state index is -0.528. The van der Waals surface area contributed by atoms with Crippen LogP contribution in [0.4, 0.5) is 0 Å². The lowest BCUT2D eigenvalue weighted by Crippen LogP contribution is -2.66. The van der Waals surface area contributed by atoms with Crippen LogP contribution in [0.5, 0.6) is 0 Å². The number of allylic oxidation sites excluding steroid dienone is 2. The van der Waals surface area contributed by atoms with Gasteiger partial charge in [0.1, 0.15) is 5.69 Å². The Morgan fingerprint density at radius 2 is 1.67 bits per heavy atom. The van der Waals surface area contributed by atoms with Crippen LogP contribution in [-0.2, 0) is 16.1 Å². The number of amides is 1. The van der Waals surface area contributed by atoms with Gasteiger partial charge in [0.15, 0.2) is 11.5 Å². The zero-order chi connectivity index (χ0) is 32.9. The normalized spacial score (nSPS) is 43.0. The average molecular weight is 627 g/mol. The summed E-state index contributed by atoms with van der Waals surface area (Å²) in [6.07, 6.45) is 10.3. The lowest BCUT2D eigenvalue weighted by molar-refractivity contribution is -0.202. The van der Waals surface area contributed by atoms with Crippen LogP contribution in [0.15, 0.2) is 52.6 Å². The van der Waals surface area contributed by atoms with Gasteiger partial charge in [0.2, 0.25) is 5.91 Å². The SMILES string of the molecule is CC1(C)C2CC[C@]3(C)[C@H](C(=O)C=C4[C@H]5C[C@@](C)(C(=O)NCc6cc(-c7ccccc7)no6)CC[C@]5(C)CC[C@]43C)[C@@]2(C)CC[C@@H]1O. The highest BCUT2D eigenvalue weighted by Gasteiger charge is 2.70. The molecule has 7 rings (SSSR count). The number of benzene rings is 1. The first-order valence-corrected chi connectivity index (χ1v) is 17.8. The second kappa shape index (κ2) is 10.4. The second-order valence-corrected chi connectivity index (χ2v) is 17.9. The molecule has 6 heteroatoms. The van der Waals surface area contributed by atoms with Crippen LogP contribution in [0, 0.1) is 50.2 Å². The fourth-order valence-electron chi connectivity index (χ4n) is 11.9. The van der Waals surface area contributed by atoms with E-state index in [1.807, 2.05) is 36.4 Å². The predicted octanol–water partition coefficient (Wildman–Crippen LogP) is 8.30. The number of carbonyl (C=O) groups excluding carboxylic acids is 2. The van der Waals surface area contributed by atoms with Gasteiger partial charge in [-0.05, 0) is 103 Å². The van der Waals surface area contributed by atoms with Crippen molar-refractivity contribution in [1.82, 2.24) is 10.5 Å². The van der Waals surface area contributed by atoms with E-state index in [1.165, 1.54) is 5.57 Å². The Hall–Kier alpha value is -2.73. The molecule has 6 nitrogen and oxygen atoms in total. The van der Waals surface area contributed by atoms with Gasteiger partial charge >= 0.3 is 0 Å². The van der Waals surface area contributed by atoms with E-state index >= 15 is 0 Å². The maximum absolute atomic E-state index is 14.6. The summed E-state index contributed by atoms with van der Waals surface area (Å²) in [5, 5.41) is 18.4. The van der Waals surface area contributed by atoms with Crippen molar-refractivity contribution in [3.05, 3.63) is 53.8 Å². The van der Waals surface area contributed by atoms with Gasteiger partial charge in [-0.2, -0.15) is 0 Å². The molecule has 9 atom stereocenters. The predicted molar refractivity (Wildman–Crippen MR) is 179 cm³/mol. The molecule has 2 N–H and O–H groups in total. The highest BCUT2D eigenvalue weighted by molar-refractivity contribution is 5.95. The molecule has 0 aliphatic heterocycles. The molecule has 0 bridgehead atoms. The smallest absolute Gasteiger partial charge is 0.226 e. The number of carbonyl (C=O) groups is 2. The molecule has 5 aliphatic rings. The van der Waals surface area contributed by atoms with Crippen LogP contribution in [0.2, 0.25) is 0 Å². The Bertz CT molecular complexity index is 1580. The molecular weight excluding hydrogens is 572 g/mol. The third kappa shape index (κ3) is 4.40. The summed E-state index contributed by atoms with van der Waals surface area (Å²) in [5.41, 5.74) is 2.08. The first-order valence-electron chi connectivity index (χ1n) is 17.8. The molecule has 1 heterocycles. The van der Waals surface area contributed by atoms with Crippen molar-refractivity contribution >= 4 is 11.7 Å². The number of nitrogens with zero attached hydrogens (tertiary/aromatic N) is 1. The molecular formula is C40H54N2O4. The number of aliphatic hydroxyl groups is 1. The minimum absolute atomic E-state index is 0.0374. The second-order valence-electron chi connectivity index (χ2n) is 17.9. The number of ketones is 1. The summed E-state index contributed by atoms with van der Waals surface area (Å²) < 4.78 is 5.59. The van der Waals surface area contributed by atoms with E-state index in [1.54, 1.807) is 0 Å². The summed E-state index contributed by atoms with van der Waals surface area (Å²) in [6.45, 7) is 16.6. The van der Waals surface area contributed by atoms with Gasteiger partial charge in [-0.15, -0.1) is 0 Å². The minimum Gasteiger partial charge on any atom is -0.393 e. The van der Waals surface area contributed by atoms with Crippen molar-refractivity contribution in [1.29, 1.82) is 0 Å². The lowest BCUT2D eigenvalue weighted by atomic mass is 9.33. The number of nitrogens with one attached hydrogen (secondary N) is 1. The zero-order valence-electron chi connectivity index (χ0n) is 29.0. The van der Waals surface area contributed by atoms with Gasteiger partial charge in [0, 0.05) is 23.0 Å². The quantitative estimate of drug-likeness (QED) is 0.356. The summed E-state index contributed by atoms with van der Waals surface area (Å²) >= 11 is 0. The Morgan fingerprint density at radius 1 is 0.957 bits per heavy atom. The van der Waals surface area contributed by atoms with E-state index in [9.17, 15) is 14.7 Å². The van der Waals surface area contributed by atoms with Crippen molar-refractivity contribution in [2.75, 3.05) is 0 Å². The monoisotopic (exact) mass is 626 g/mol. The number of rotatable bonds is 4. The third-order valence-electron chi connectivity index (χ3n) is 15.2. The fraction of sp³-hybridized carbons (Fsp3) is 0.675. The summed E-state index contributed by atoms with van der Waals surface area (Å²) in [6, 6.07) is 11.8. The highest BCUT2D eigenvalue weighted by Crippen LogP contribution is 2.75. The molecule has 2 aromatic rings. The topological polar surface area (TPSA) is 92.4 Å². The molecule has 248 valence electrons. The Balaban J connectivity index is 1.15.